The first-order valence-electron chi connectivity index (χ1n) is 9.69. The summed E-state index contributed by atoms with van der Waals surface area (Å²) in [6.45, 7) is 2.26. The average molecular weight is 396 g/mol. The topological polar surface area (TPSA) is 86.1 Å². The van der Waals surface area contributed by atoms with Crippen molar-refractivity contribution in [1.29, 1.82) is 5.26 Å². The van der Waals surface area contributed by atoms with E-state index in [1.165, 1.54) is 4.90 Å². The van der Waals surface area contributed by atoms with Crippen LogP contribution in [0.1, 0.15) is 40.1 Å². The number of nitriles is 1. The number of nitrogens with zero attached hydrogens (tertiary/aromatic N) is 3. The number of fused-ring (bicyclic) bond motifs is 1. The Morgan fingerprint density at radius 1 is 1.13 bits per heavy atom. The zero-order valence-corrected chi connectivity index (χ0v) is 16.5. The molecule has 6 heteroatoms. The molecular weight excluding hydrogens is 376 g/mol. The molecule has 1 atom stereocenters. The molecule has 0 bridgehead atoms. The lowest BCUT2D eigenvalue weighted by Gasteiger charge is -2.18. The molecule has 3 aromatic rings. The molecule has 1 N–H and O–H groups in total. The van der Waals surface area contributed by atoms with Crippen molar-refractivity contribution in [3.05, 3.63) is 89.1 Å². The van der Waals surface area contributed by atoms with Crippen molar-refractivity contribution >= 4 is 11.8 Å². The normalized spacial score (nSPS) is 13.5. The first-order chi connectivity index (χ1) is 14.5. The van der Waals surface area contributed by atoms with Gasteiger partial charge in [-0.1, -0.05) is 48.5 Å². The van der Waals surface area contributed by atoms with E-state index >= 15 is 0 Å². The second-order valence-electron chi connectivity index (χ2n) is 7.25. The number of rotatable bonds is 5. The van der Waals surface area contributed by atoms with Crippen molar-refractivity contribution in [3.8, 4) is 17.3 Å². The molecule has 2 amide bonds. The molecule has 0 aliphatic carbocycles. The fraction of sp³-hybridized carbons (Fsp3) is 0.167. The van der Waals surface area contributed by atoms with Crippen LogP contribution in [-0.2, 0) is 11.3 Å². The Labute approximate surface area is 174 Å². The number of hydrogen-bond donors (Lipinski definition) is 1. The summed E-state index contributed by atoms with van der Waals surface area (Å²) in [5.41, 5.74) is 4.25. The smallest absolute Gasteiger partial charge is 0.273 e. The van der Waals surface area contributed by atoms with Gasteiger partial charge in [0.25, 0.3) is 5.91 Å². The van der Waals surface area contributed by atoms with Gasteiger partial charge >= 0.3 is 0 Å². The van der Waals surface area contributed by atoms with Gasteiger partial charge in [0.05, 0.1) is 23.4 Å². The van der Waals surface area contributed by atoms with Crippen molar-refractivity contribution in [2.75, 3.05) is 6.54 Å². The monoisotopic (exact) mass is 396 g/mol. The van der Waals surface area contributed by atoms with E-state index in [0.717, 1.165) is 16.7 Å². The molecule has 0 saturated heterocycles. The van der Waals surface area contributed by atoms with Gasteiger partial charge in [-0.2, -0.15) is 5.26 Å². The molecule has 30 heavy (non-hydrogen) atoms. The van der Waals surface area contributed by atoms with Gasteiger partial charge in [-0.15, -0.1) is 0 Å². The number of carbonyl (C=O) groups excluding carboxylic acids is 2. The van der Waals surface area contributed by atoms with Crippen LogP contribution in [0.25, 0.3) is 11.3 Å². The van der Waals surface area contributed by atoms with E-state index in [0.29, 0.717) is 23.5 Å². The second kappa shape index (κ2) is 8.18. The first kappa shape index (κ1) is 19.3. The van der Waals surface area contributed by atoms with E-state index in [4.69, 9.17) is 5.26 Å². The maximum atomic E-state index is 12.8. The third-order valence-corrected chi connectivity index (χ3v) is 5.15. The third kappa shape index (κ3) is 3.91. The summed E-state index contributed by atoms with van der Waals surface area (Å²) in [5, 5.41) is 11.9. The molecule has 4 rings (SSSR count). The highest BCUT2D eigenvalue weighted by Crippen LogP contribution is 2.25. The molecule has 0 spiro atoms. The van der Waals surface area contributed by atoms with Crippen LogP contribution in [0.3, 0.4) is 0 Å². The Morgan fingerprint density at radius 3 is 2.57 bits per heavy atom. The molecule has 1 aromatic heterocycles. The van der Waals surface area contributed by atoms with Crippen LogP contribution < -0.4 is 5.32 Å². The summed E-state index contributed by atoms with van der Waals surface area (Å²) < 4.78 is 0. The molecular formula is C24H20N4O2. The molecule has 0 saturated carbocycles. The van der Waals surface area contributed by atoms with Crippen molar-refractivity contribution < 1.29 is 9.59 Å². The number of carbonyl (C=O) groups is 2. The minimum absolute atomic E-state index is 0.0153. The summed E-state index contributed by atoms with van der Waals surface area (Å²) in [6.07, 6.45) is 0. The summed E-state index contributed by atoms with van der Waals surface area (Å²) in [6, 6.07) is 22.4. The van der Waals surface area contributed by atoms with E-state index in [1.807, 2.05) is 61.5 Å². The molecule has 2 heterocycles. The van der Waals surface area contributed by atoms with Crippen LogP contribution in [-0.4, -0.2) is 28.2 Å². The van der Waals surface area contributed by atoms with E-state index in [-0.39, 0.29) is 24.4 Å². The van der Waals surface area contributed by atoms with Gasteiger partial charge in [-0.25, -0.2) is 4.98 Å². The maximum Gasteiger partial charge on any atom is 0.273 e. The summed E-state index contributed by atoms with van der Waals surface area (Å²) >= 11 is 0. The highest BCUT2D eigenvalue weighted by molar-refractivity contribution is 5.99. The minimum atomic E-state index is -0.247. The Balaban J connectivity index is 1.44. The van der Waals surface area contributed by atoms with Crippen LogP contribution in [0.2, 0.25) is 0 Å². The Kier molecular flexibility index (Phi) is 5.27. The number of hydrogen-bond acceptors (Lipinski definition) is 4. The molecule has 2 aromatic carbocycles. The Bertz CT molecular complexity index is 1130. The lowest BCUT2D eigenvalue weighted by molar-refractivity contribution is -0.122. The van der Waals surface area contributed by atoms with Crippen LogP contribution >= 0.6 is 0 Å². The second-order valence-corrected chi connectivity index (χ2v) is 7.25. The molecule has 1 aliphatic rings. The van der Waals surface area contributed by atoms with Crippen molar-refractivity contribution in [3.63, 3.8) is 0 Å². The average Bonchev–Trinajstić information content (AvgIpc) is 3.09. The minimum Gasteiger partial charge on any atom is -0.348 e. The molecule has 6 nitrogen and oxygen atoms in total. The number of nitrogens with one attached hydrogen (secondary N) is 1. The SMILES string of the molecule is C[C@H](NC(=O)CN1Cc2ccc(-c3ccc(C#N)cc3)nc2C1=O)c1ccccc1. The van der Waals surface area contributed by atoms with Crippen molar-refractivity contribution in [2.24, 2.45) is 0 Å². The van der Waals surface area contributed by atoms with Crippen LogP contribution in [0.4, 0.5) is 0 Å². The van der Waals surface area contributed by atoms with Crippen LogP contribution in [0, 0.1) is 11.3 Å². The maximum absolute atomic E-state index is 12.8. The first-order valence-corrected chi connectivity index (χ1v) is 9.69. The van der Waals surface area contributed by atoms with Gasteiger partial charge in [0.2, 0.25) is 5.91 Å². The van der Waals surface area contributed by atoms with Gasteiger partial charge in [0, 0.05) is 17.7 Å². The fourth-order valence-electron chi connectivity index (χ4n) is 3.52. The van der Waals surface area contributed by atoms with E-state index in [1.54, 1.807) is 12.1 Å². The third-order valence-electron chi connectivity index (χ3n) is 5.15. The zero-order valence-electron chi connectivity index (χ0n) is 16.5. The Hall–Kier alpha value is -3.98. The predicted molar refractivity (Wildman–Crippen MR) is 112 cm³/mol. The summed E-state index contributed by atoms with van der Waals surface area (Å²) in [5.74, 6) is -0.456. The standard InChI is InChI=1S/C24H20N4O2/c1-16(18-5-3-2-4-6-18)26-22(29)15-28-14-20-11-12-21(27-23(20)24(28)30)19-9-7-17(13-25)8-10-19/h2-12,16H,14-15H2,1H3,(H,26,29)/t16-/m0/s1. The van der Waals surface area contributed by atoms with Gasteiger partial charge in [0.15, 0.2) is 0 Å². The highest BCUT2D eigenvalue weighted by atomic mass is 16.2. The van der Waals surface area contributed by atoms with E-state index in [2.05, 4.69) is 16.4 Å². The van der Waals surface area contributed by atoms with Gasteiger partial charge in [0.1, 0.15) is 12.2 Å². The zero-order chi connectivity index (χ0) is 21.1. The number of benzene rings is 2. The van der Waals surface area contributed by atoms with Gasteiger partial charge in [-0.05, 0) is 30.7 Å². The lowest BCUT2D eigenvalue weighted by Crippen LogP contribution is -2.38. The van der Waals surface area contributed by atoms with Crippen molar-refractivity contribution in [2.45, 2.75) is 19.5 Å². The number of aromatic nitrogens is 1. The number of pyridine rings is 1. The lowest BCUT2D eigenvalue weighted by atomic mass is 10.1. The molecule has 148 valence electrons. The van der Waals surface area contributed by atoms with E-state index in [9.17, 15) is 9.59 Å². The van der Waals surface area contributed by atoms with Crippen LogP contribution in [0.5, 0.6) is 0 Å². The highest BCUT2D eigenvalue weighted by Gasteiger charge is 2.30. The predicted octanol–water partition coefficient (Wildman–Crippen LogP) is 3.45. The molecule has 0 fully saturated rings. The summed E-state index contributed by atoms with van der Waals surface area (Å²) in [7, 11) is 0. The van der Waals surface area contributed by atoms with Crippen molar-refractivity contribution in [1.82, 2.24) is 15.2 Å². The largest absolute Gasteiger partial charge is 0.348 e. The van der Waals surface area contributed by atoms with Crippen LogP contribution in [0.15, 0.2) is 66.7 Å². The Morgan fingerprint density at radius 2 is 1.87 bits per heavy atom. The summed E-state index contributed by atoms with van der Waals surface area (Å²) in [4.78, 5) is 31.3. The van der Waals surface area contributed by atoms with Gasteiger partial charge in [-0.3, -0.25) is 9.59 Å². The fourth-order valence-corrected chi connectivity index (χ4v) is 3.52. The van der Waals surface area contributed by atoms with E-state index < -0.39 is 0 Å². The number of amides is 2. The quantitative estimate of drug-likeness (QED) is 0.716. The molecule has 0 unspecified atom stereocenters. The molecule has 0 radical (unpaired) electrons. The molecule has 1 aliphatic heterocycles. The van der Waals surface area contributed by atoms with Gasteiger partial charge < -0.3 is 10.2 Å².